The third-order valence-corrected chi connectivity index (χ3v) is 11.6. The Hall–Kier alpha value is -3.70. The zero-order valence-electron chi connectivity index (χ0n) is 31.5. The van der Waals surface area contributed by atoms with Crippen LogP contribution in [-0.2, 0) is 33.3 Å². The van der Waals surface area contributed by atoms with Crippen LogP contribution in [0.4, 0.5) is 0 Å². The normalized spacial score (nSPS) is 31.6. The van der Waals surface area contributed by atoms with Crippen LogP contribution in [-0.4, -0.2) is 70.2 Å². The molecule has 1 spiro atoms. The van der Waals surface area contributed by atoms with E-state index in [-0.39, 0.29) is 30.6 Å². The van der Waals surface area contributed by atoms with Crippen molar-refractivity contribution in [3.8, 4) is 0 Å². The summed E-state index contributed by atoms with van der Waals surface area (Å²) in [4.78, 5) is 53.6. The Balaban J connectivity index is 1.48. The molecule has 286 valence electrons. The number of fused-ring (bicyclic) bond motifs is 1. The van der Waals surface area contributed by atoms with Crippen LogP contribution in [0.3, 0.4) is 0 Å². The number of aliphatic hydroxyl groups is 1. The Morgan fingerprint density at radius 2 is 1.44 bits per heavy atom. The summed E-state index contributed by atoms with van der Waals surface area (Å²) in [6.07, 6.45) is 6.73. The Kier molecular flexibility index (Phi) is 12.3. The third-order valence-electron chi connectivity index (χ3n) is 11.6. The van der Waals surface area contributed by atoms with E-state index < -0.39 is 76.4 Å². The van der Waals surface area contributed by atoms with E-state index >= 15 is 0 Å². The van der Waals surface area contributed by atoms with Crippen LogP contribution in [0.25, 0.3) is 0 Å². The van der Waals surface area contributed by atoms with Gasteiger partial charge in [-0.1, -0.05) is 76.5 Å². The van der Waals surface area contributed by atoms with Crippen molar-refractivity contribution in [2.75, 3.05) is 0 Å². The maximum atomic E-state index is 13.7. The van der Waals surface area contributed by atoms with E-state index in [9.17, 15) is 24.3 Å². The molecular formula is C41H56O11. The molecule has 0 radical (unpaired) electrons. The standard InChI is InChI=1S/C41H56O11/c1-7-8-9-10-11-12-13-14-18-23-33(43)51-34-29-25-32(50-37(45)30-22-19-24-47-30)40(6)35(48-27(2)42)31(49-36(44)28-20-16-15-17-21-28)26-39(5,46)41(34,40)52-38(29,3)4/h15-17,19-22,24,29,31-32,34-35,46H,7-14,18,23,25-26H2,1-6H3/t29?,31-,32-,34+,35-,39-,40+,41?/m0/s1. The minimum absolute atomic E-state index is 0.0432. The smallest absolute Gasteiger partial charge is 0.374 e. The zero-order chi connectivity index (χ0) is 37.7. The second kappa shape index (κ2) is 16.1. The molecule has 2 aromatic rings. The van der Waals surface area contributed by atoms with Gasteiger partial charge in [-0.3, -0.25) is 9.59 Å². The van der Waals surface area contributed by atoms with Crippen LogP contribution in [0.15, 0.2) is 53.1 Å². The van der Waals surface area contributed by atoms with E-state index in [1.807, 2.05) is 13.8 Å². The van der Waals surface area contributed by atoms with Gasteiger partial charge >= 0.3 is 23.9 Å². The second-order valence-electron chi connectivity index (χ2n) is 15.7. The van der Waals surface area contributed by atoms with Gasteiger partial charge in [0.2, 0.25) is 5.76 Å². The maximum Gasteiger partial charge on any atom is 0.374 e. The van der Waals surface area contributed by atoms with Gasteiger partial charge in [-0.2, -0.15) is 0 Å². The molecule has 0 amide bonds. The molecule has 5 rings (SSSR count). The quantitative estimate of drug-likeness (QED) is 0.104. The molecular weight excluding hydrogens is 668 g/mol. The molecule has 52 heavy (non-hydrogen) atoms. The van der Waals surface area contributed by atoms with E-state index in [1.165, 1.54) is 51.4 Å². The fourth-order valence-corrected chi connectivity index (χ4v) is 9.12. The van der Waals surface area contributed by atoms with Crippen molar-refractivity contribution < 1.29 is 52.4 Å². The summed E-state index contributed by atoms with van der Waals surface area (Å²) in [5.74, 6) is -3.14. The molecule has 1 aliphatic heterocycles. The molecule has 1 aromatic carbocycles. The lowest BCUT2D eigenvalue weighted by atomic mass is 9.47. The Morgan fingerprint density at radius 3 is 2.06 bits per heavy atom. The maximum absolute atomic E-state index is 13.7. The number of carbonyl (C=O) groups is 4. The number of hydrogen-bond donors (Lipinski definition) is 1. The van der Waals surface area contributed by atoms with Crippen molar-refractivity contribution in [1.82, 2.24) is 0 Å². The molecule has 2 heterocycles. The molecule has 3 aliphatic rings. The fraction of sp³-hybridized carbons (Fsp3) is 0.659. The summed E-state index contributed by atoms with van der Waals surface area (Å²) in [6, 6.07) is 11.4. The number of furan rings is 1. The van der Waals surface area contributed by atoms with Crippen molar-refractivity contribution in [3.63, 3.8) is 0 Å². The van der Waals surface area contributed by atoms with Gasteiger partial charge in [0.05, 0.1) is 28.4 Å². The molecule has 2 bridgehead atoms. The number of rotatable bonds is 16. The summed E-state index contributed by atoms with van der Waals surface area (Å²) >= 11 is 0. The predicted octanol–water partition coefficient (Wildman–Crippen LogP) is 7.52. The molecule has 11 nitrogen and oxygen atoms in total. The van der Waals surface area contributed by atoms with Gasteiger partial charge in [0.25, 0.3) is 0 Å². The molecule has 3 fully saturated rings. The Morgan fingerprint density at radius 1 is 0.788 bits per heavy atom. The largest absolute Gasteiger partial charge is 0.459 e. The minimum Gasteiger partial charge on any atom is -0.459 e. The van der Waals surface area contributed by atoms with E-state index in [0.29, 0.717) is 6.42 Å². The summed E-state index contributed by atoms with van der Waals surface area (Å²) in [5, 5.41) is 12.7. The SMILES string of the molecule is CCCCCCCCCCCC(=O)O[C@@H]1C2C[C@H](OC(=O)c3ccco3)[C@]3(C)[C@@H](OC(C)=O)[C@@H](OC(=O)c4ccccc4)C[C@](C)(O)C13OC2(C)C. The van der Waals surface area contributed by atoms with Crippen molar-refractivity contribution in [2.24, 2.45) is 11.3 Å². The van der Waals surface area contributed by atoms with E-state index in [1.54, 1.807) is 50.2 Å². The van der Waals surface area contributed by atoms with Crippen molar-refractivity contribution in [3.05, 3.63) is 60.1 Å². The average molecular weight is 725 g/mol. The highest BCUT2D eigenvalue weighted by Gasteiger charge is 2.84. The van der Waals surface area contributed by atoms with Gasteiger partial charge in [-0.15, -0.1) is 0 Å². The van der Waals surface area contributed by atoms with Gasteiger partial charge in [-0.05, 0) is 64.8 Å². The summed E-state index contributed by atoms with van der Waals surface area (Å²) in [6.45, 7) is 10.4. The van der Waals surface area contributed by atoms with Gasteiger partial charge in [0.1, 0.15) is 23.9 Å². The van der Waals surface area contributed by atoms with Crippen LogP contribution in [0.2, 0.25) is 0 Å². The zero-order valence-corrected chi connectivity index (χ0v) is 31.5. The van der Waals surface area contributed by atoms with E-state index in [0.717, 1.165) is 19.3 Å². The van der Waals surface area contributed by atoms with E-state index in [2.05, 4.69) is 6.92 Å². The van der Waals surface area contributed by atoms with Crippen molar-refractivity contribution >= 4 is 23.9 Å². The minimum atomic E-state index is -1.86. The predicted molar refractivity (Wildman–Crippen MR) is 190 cm³/mol. The van der Waals surface area contributed by atoms with E-state index in [4.69, 9.17) is 28.1 Å². The van der Waals surface area contributed by atoms with Crippen molar-refractivity contribution in [2.45, 2.75) is 160 Å². The first-order valence-electron chi connectivity index (χ1n) is 19.0. The third kappa shape index (κ3) is 7.67. The van der Waals surface area contributed by atoms with Gasteiger partial charge in [0.15, 0.2) is 6.10 Å². The van der Waals surface area contributed by atoms with Crippen LogP contribution in [0, 0.1) is 11.3 Å². The van der Waals surface area contributed by atoms with Crippen LogP contribution in [0.5, 0.6) is 0 Å². The van der Waals surface area contributed by atoms with Gasteiger partial charge < -0.3 is 33.2 Å². The number of unbranched alkanes of at least 4 members (excludes halogenated alkanes) is 8. The number of esters is 4. The Labute approximate surface area is 307 Å². The van der Waals surface area contributed by atoms with Crippen LogP contribution < -0.4 is 0 Å². The summed E-state index contributed by atoms with van der Waals surface area (Å²) in [7, 11) is 0. The highest BCUT2D eigenvalue weighted by atomic mass is 16.6. The Bertz CT molecular complexity index is 1530. The molecule has 1 N–H and O–H groups in total. The molecule has 2 saturated carbocycles. The first-order valence-corrected chi connectivity index (χ1v) is 19.0. The first-order chi connectivity index (χ1) is 24.7. The lowest BCUT2D eigenvalue weighted by Gasteiger charge is -2.65. The lowest BCUT2D eigenvalue weighted by molar-refractivity contribution is -0.343. The molecule has 2 aliphatic carbocycles. The molecule has 1 aromatic heterocycles. The fourth-order valence-electron chi connectivity index (χ4n) is 9.12. The van der Waals surface area contributed by atoms with Gasteiger partial charge in [0, 0.05) is 25.7 Å². The number of carbonyl (C=O) groups excluding carboxylic acids is 4. The summed E-state index contributed by atoms with van der Waals surface area (Å²) in [5.41, 5.74) is -5.97. The monoisotopic (exact) mass is 724 g/mol. The first kappa shape index (κ1) is 39.5. The number of ether oxygens (including phenoxy) is 5. The molecule has 2 unspecified atom stereocenters. The van der Waals surface area contributed by atoms with Crippen LogP contribution in [0.1, 0.15) is 140 Å². The summed E-state index contributed by atoms with van der Waals surface area (Å²) < 4.78 is 37.0. The molecule has 11 heteroatoms. The topological polar surface area (TPSA) is 148 Å². The average Bonchev–Trinajstić information content (AvgIpc) is 3.69. The lowest BCUT2D eigenvalue weighted by Crippen LogP contribution is -2.81. The highest BCUT2D eigenvalue weighted by molar-refractivity contribution is 5.89. The molecule has 1 saturated heterocycles. The van der Waals surface area contributed by atoms with Crippen molar-refractivity contribution in [1.29, 1.82) is 0 Å². The second-order valence-corrected chi connectivity index (χ2v) is 15.7. The molecule has 8 atom stereocenters. The highest BCUT2D eigenvalue weighted by Crippen LogP contribution is 2.69. The number of benzene rings is 1. The van der Waals surface area contributed by atoms with Gasteiger partial charge in [-0.25, -0.2) is 9.59 Å². The number of hydrogen-bond acceptors (Lipinski definition) is 11. The van der Waals surface area contributed by atoms with Crippen LogP contribution >= 0.6 is 0 Å².